The molecule has 1 saturated carbocycles. The maximum Gasteiger partial charge on any atom is 0.258 e. The van der Waals surface area contributed by atoms with E-state index < -0.39 is 5.54 Å². The Bertz CT molecular complexity index is 630. The van der Waals surface area contributed by atoms with Gasteiger partial charge in [-0.15, -0.1) is 0 Å². The van der Waals surface area contributed by atoms with Gasteiger partial charge in [-0.05, 0) is 43.5 Å². The highest BCUT2D eigenvalue weighted by Gasteiger charge is 2.33. The van der Waals surface area contributed by atoms with Crippen molar-refractivity contribution in [3.05, 3.63) is 35.4 Å². The van der Waals surface area contributed by atoms with Crippen LogP contribution in [0.2, 0.25) is 0 Å². The van der Waals surface area contributed by atoms with Crippen LogP contribution in [0.4, 0.5) is 4.39 Å². The molecule has 0 spiro atoms. The van der Waals surface area contributed by atoms with Crippen molar-refractivity contribution in [3.63, 3.8) is 0 Å². The van der Waals surface area contributed by atoms with Crippen LogP contribution in [0.3, 0.4) is 0 Å². The molecule has 4 nitrogen and oxygen atoms in total. The molecule has 0 bridgehead atoms. The van der Waals surface area contributed by atoms with E-state index in [1.165, 1.54) is 25.0 Å². The number of benzene rings is 1. The van der Waals surface area contributed by atoms with E-state index in [4.69, 9.17) is 10.3 Å². The highest BCUT2D eigenvalue weighted by atomic mass is 19.1. The Morgan fingerprint density at radius 3 is 2.57 bits per heavy atom. The zero-order valence-electron chi connectivity index (χ0n) is 12.2. The Morgan fingerprint density at radius 2 is 1.90 bits per heavy atom. The van der Waals surface area contributed by atoms with Crippen LogP contribution in [0.1, 0.15) is 49.9 Å². The number of aromatic nitrogens is 2. The quantitative estimate of drug-likeness (QED) is 0.856. The number of hydrogen-bond donors (Lipinski definition) is 1. The fourth-order valence-corrected chi connectivity index (χ4v) is 2.99. The fourth-order valence-electron chi connectivity index (χ4n) is 2.99. The predicted molar refractivity (Wildman–Crippen MR) is 78.0 cm³/mol. The van der Waals surface area contributed by atoms with Crippen LogP contribution in [0.15, 0.2) is 22.7 Å². The van der Waals surface area contributed by atoms with Crippen LogP contribution in [0.25, 0.3) is 11.5 Å². The number of nitrogens with zero attached hydrogens (tertiary/aromatic N) is 2. The van der Waals surface area contributed by atoms with Gasteiger partial charge in [0.2, 0.25) is 0 Å². The molecule has 1 aliphatic carbocycles. The van der Waals surface area contributed by atoms with Crippen molar-refractivity contribution in [3.8, 4) is 11.5 Å². The lowest BCUT2D eigenvalue weighted by Crippen LogP contribution is -2.37. The molecule has 2 N–H and O–H groups in total. The number of halogens is 1. The summed E-state index contributed by atoms with van der Waals surface area (Å²) in [5.74, 6) is 0.717. The van der Waals surface area contributed by atoms with Gasteiger partial charge in [0.1, 0.15) is 5.82 Å². The van der Waals surface area contributed by atoms with Crippen LogP contribution < -0.4 is 5.73 Å². The molecule has 0 amide bonds. The minimum absolute atomic E-state index is 0.268. The van der Waals surface area contributed by atoms with E-state index in [0.29, 0.717) is 11.7 Å². The molecule has 112 valence electrons. The van der Waals surface area contributed by atoms with Gasteiger partial charge in [0.05, 0.1) is 5.54 Å². The molecule has 1 fully saturated rings. The van der Waals surface area contributed by atoms with Crippen molar-refractivity contribution in [2.24, 2.45) is 5.73 Å². The van der Waals surface area contributed by atoms with Gasteiger partial charge >= 0.3 is 0 Å². The number of aryl methyl sites for hydroxylation is 1. The van der Waals surface area contributed by atoms with E-state index >= 15 is 0 Å². The highest BCUT2D eigenvalue weighted by Crippen LogP contribution is 2.33. The summed E-state index contributed by atoms with van der Waals surface area (Å²) >= 11 is 0. The third-order valence-electron chi connectivity index (χ3n) is 4.29. The molecule has 1 aromatic heterocycles. The van der Waals surface area contributed by atoms with Crippen LogP contribution in [0, 0.1) is 12.7 Å². The number of hydrogen-bond acceptors (Lipinski definition) is 4. The van der Waals surface area contributed by atoms with Crippen LogP contribution in [-0.2, 0) is 5.54 Å². The monoisotopic (exact) mass is 289 g/mol. The van der Waals surface area contributed by atoms with Gasteiger partial charge in [-0.3, -0.25) is 0 Å². The summed E-state index contributed by atoms with van der Waals surface area (Å²) in [5, 5.41) is 4.09. The van der Waals surface area contributed by atoms with Crippen molar-refractivity contribution in [2.45, 2.75) is 51.0 Å². The smallest absolute Gasteiger partial charge is 0.258 e. The van der Waals surface area contributed by atoms with Crippen molar-refractivity contribution < 1.29 is 8.91 Å². The Balaban J connectivity index is 1.92. The summed E-state index contributed by atoms with van der Waals surface area (Å²) in [7, 11) is 0. The lowest BCUT2D eigenvalue weighted by molar-refractivity contribution is 0.334. The summed E-state index contributed by atoms with van der Waals surface area (Å²) in [4.78, 5) is 4.48. The topological polar surface area (TPSA) is 64.9 Å². The Morgan fingerprint density at radius 1 is 1.19 bits per heavy atom. The first kappa shape index (κ1) is 14.2. The molecule has 1 aromatic carbocycles. The zero-order valence-corrected chi connectivity index (χ0v) is 12.2. The fraction of sp³-hybridized carbons (Fsp3) is 0.500. The molecule has 2 aromatic rings. The molecular weight excluding hydrogens is 269 g/mol. The number of rotatable bonds is 2. The summed E-state index contributed by atoms with van der Waals surface area (Å²) < 4.78 is 18.5. The molecule has 0 saturated heterocycles. The SMILES string of the molecule is Cc1cc(F)ccc1-c1nc(C2(N)CCCCCC2)no1. The molecule has 5 heteroatoms. The van der Waals surface area contributed by atoms with Gasteiger partial charge < -0.3 is 10.3 Å². The van der Waals surface area contributed by atoms with Gasteiger partial charge in [0.25, 0.3) is 5.89 Å². The Hall–Kier alpha value is -1.75. The van der Waals surface area contributed by atoms with Gasteiger partial charge in [-0.1, -0.05) is 30.8 Å². The summed E-state index contributed by atoms with van der Waals surface area (Å²) in [6, 6.07) is 4.53. The summed E-state index contributed by atoms with van der Waals surface area (Å²) in [6.07, 6.45) is 6.37. The second-order valence-electron chi connectivity index (χ2n) is 5.95. The first-order chi connectivity index (χ1) is 10.1. The van der Waals surface area contributed by atoms with Crippen molar-refractivity contribution in [1.82, 2.24) is 10.1 Å². The van der Waals surface area contributed by atoms with Crippen LogP contribution >= 0.6 is 0 Å². The largest absolute Gasteiger partial charge is 0.334 e. The first-order valence-electron chi connectivity index (χ1n) is 7.48. The molecule has 0 radical (unpaired) electrons. The van der Waals surface area contributed by atoms with Gasteiger partial charge in [-0.2, -0.15) is 4.98 Å². The van der Waals surface area contributed by atoms with E-state index in [2.05, 4.69) is 10.1 Å². The van der Waals surface area contributed by atoms with Crippen LogP contribution in [-0.4, -0.2) is 10.1 Å². The minimum Gasteiger partial charge on any atom is -0.334 e. The second-order valence-corrected chi connectivity index (χ2v) is 5.95. The van der Waals surface area contributed by atoms with E-state index in [1.807, 2.05) is 6.92 Å². The molecule has 21 heavy (non-hydrogen) atoms. The minimum atomic E-state index is -0.494. The van der Waals surface area contributed by atoms with E-state index in [9.17, 15) is 4.39 Å². The average Bonchev–Trinajstić information content (AvgIpc) is 2.83. The Kier molecular flexibility index (Phi) is 3.76. The third-order valence-corrected chi connectivity index (χ3v) is 4.29. The van der Waals surface area contributed by atoms with Crippen molar-refractivity contribution in [2.75, 3.05) is 0 Å². The second kappa shape index (κ2) is 5.56. The van der Waals surface area contributed by atoms with Gasteiger partial charge in [-0.25, -0.2) is 4.39 Å². The zero-order chi connectivity index (χ0) is 14.9. The lowest BCUT2D eigenvalue weighted by Gasteiger charge is -2.23. The molecule has 1 aliphatic rings. The van der Waals surface area contributed by atoms with Crippen molar-refractivity contribution in [1.29, 1.82) is 0 Å². The van der Waals surface area contributed by atoms with Crippen molar-refractivity contribution >= 4 is 0 Å². The van der Waals surface area contributed by atoms with Gasteiger partial charge in [0, 0.05) is 5.56 Å². The summed E-state index contributed by atoms with van der Waals surface area (Å²) in [6.45, 7) is 1.83. The standard InChI is InChI=1S/C16H20FN3O/c1-11-10-12(17)6-7-13(11)14-19-15(20-21-14)16(18)8-4-2-3-5-9-16/h6-7,10H,2-5,8-9,18H2,1H3. The van der Waals surface area contributed by atoms with E-state index in [1.54, 1.807) is 6.07 Å². The molecule has 0 aliphatic heterocycles. The maximum absolute atomic E-state index is 13.2. The molecular formula is C16H20FN3O. The lowest BCUT2D eigenvalue weighted by atomic mass is 9.91. The van der Waals surface area contributed by atoms with Crippen LogP contribution in [0.5, 0.6) is 0 Å². The van der Waals surface area contributed by atoms with Gasteiger partial charge in [0.15, 0.2) is 5.82 Å². The number of nitrogens with two attached hydrogens (primary N) is 1. The molecule has 0 unspecified atom stereocenters. The predicted octanol–water partition coefficient (Wildman–Crippen LogP) is 3.69. The average molecular weight is 289 g/mol. The van der Waals surface area contributed by atoms with E-state index in [-0.39, 0.29) is 5.82 Å². The third kappa shape index (κ3) is 2.83. The normalized spacial score (nSPS) is 18.4. The Labute approximate surface area is 123 Å². The maximum atomic E-state index is 13.2. The molecule has 0 atom stereocenters. The first-order valence-corrected chi connectivity index (χ1v) is 7.48. The van der Waals surface area contributed by atoms with E-state index in [0.717, 1.165) is 36.8 Å². The highest BCUT2D eigenvalue weighted by molar-refractivity contribution is 5.58. The molecule has 1 heterocycles. The summed E-state index contributed by atoms with van der Waals surface area (Å²) in [5.41, 5.74) is 7.53. The molecule has 3 rings (SSSR count).